The number of urea groups is 1. The number of nitrogens with one attached hydrogen (secondary N) is 1. The minimum absolute atomic E-state index is 0.175. The van der Waals surface area contributed by atoms with Gasteiger partial charge in [-0.1, -0.05) is 6.92 Å². The van der Waals surface area contributed by atoms with Crippen LogP contribution >= 0.6 is 0 Å². The zero-order valence-corrected chi connectivity index (χ0v) is 10.1. The molecule has 1 aliphatic carbocycles. The Kier molecular flexibility index (Phi) is 3.78. The van der Waals surface area contributed by atoms with Gasteiger partial charge in [-0.05, 0) is 26.2 Å². The van der Waals surface area contributed by atoms with Gasteiger partial charge in [0.05, 0.1) is 5.41 Å². The fraction of sp³-hybridized carbons (Fsp3) is 0.818. The number of carboxylic acid groups (broad SMARTS) is 1. The average Bonchev–Trinajstić information content (AvgIpc) is 3.07. The van der Waals surface area contributed by atoms with E-state index < -0.39 is 11.4 Å². The van der Waals surface area contributed by atoms with Crippen LogP contribution in [0.1, 0.15) is 33.1 Å². The molecule has 0 aromatic rings. The Morgan fingerprint density at radius 3 is 2.44 bits per heavy atom. The number of carbonyl (C=O) groups excluding carboxylic acids is 1. The molecule has 1 atom stereocenters. The van der Waals surface area contributed by atoms with Crippen molar-refractivity contribution in [3.05, 3.63) is 0 Å². The highest BCUT2D eigenvalue weighted by Crippen LogP contribution is 2.25. The zero-order valence-electron chi connectivity index (χ0n) is 10.1. The molecule has 5 nitrogen and oxygen atoms in total. The summed E-state index contributed by atoms with van der Waals surface area (Å²) in [7, 11) is 1.75. The molecule has 16 heavy (non-hydrogen) atoms. The minimum Gasteiger partial charge on any atom is -0.481 e. The van der Waals surface area contributed by atoms with E-state index in [1.165, 1.54) is 0 Å². The average molecular weight is 228 g/mol. The van der Waals surface area contributed by atoms with Gasteiger partial charge < -0.3 is 15.3 Å². The molecule has 0 heterocycles. The van der Waals surface area contributed by atoms with Gasteiger partial charge in [-0.2, -0.15) is 0 Å². The Bertz CT molecular complexity index is 289. The number of rotatable bonds is 5. The van der Waals surface area contributed by atoms with Gasteiger partial charge in [-0.15, -0.1) is 0 Å². The molecule has 0 aromatic heterocycles. The summed E-state index contributed by atoms with van der Waals surface area (Å²) in [5.74, 6) is -0.871. The van der Waals surface area contributed by atoms with Gasteiger partial charge in [0.2, 0.25) is 0 Å². The van der Waals surface area contributed by atoms with Gasteiger partial charge >= 0.3 is 12.0 Å². The maximum Gasteiger partial charge on any atom is 0.317 e. The standard InChI is InChI=1S/C11H20N2O3/c1-4-11(2,9(14)15)7-12-10(16)13(3)8-5-6-8/h8H,4-7H2,1-3H3,(H,12,16)(H,14,15). The van der Waals surface area contributed by atoms with Crippen molar-refractivity contribution in [1.82, 2.24) is 10.2 Å². The molecule has 1 aliphatic rings. The van der Waals surface area contributed by atoms with Gasteiger partial charge in [-0.25, -0.2) is 4.79 Å². The van der Waals surface area contributed by atoms with Crippen LogP contribution in [0.3, 0.4) is 0 Å². The normalized spacial score (nSPS) is 18.7. The lowest BCUT2D eigenvalue weighted by Crippen LogP contribution is -2.45. The van der Waals surface area contributed by atoms with E-state index in [0.717, 1.165) is 12.8 Å². The highest BCUT2D eigenvalue weighted by atomic mass is 16.4. The summed E-state index contributed by atoms with van der Waals surface area (Å²) in [6, 6.07) is 0.168. The van der Waals surface area contributed by atoms with Crippen molar-refractivity contribution in [3.63, 3.8) is 0 Å². The van der Waals surface area contributed by atoms with Crippen molar-refractivity contribution in [1.29, 1.82) is 0 Å². The number of amides is 2. The Balaban J connectivity index is 2.42. The Morgan fingerprint density at radius 1 is 1.50 bits per heavy atom. The Morgan fingerprint density at radius 2 is 2.06 bits per heavy atom. The van der Waals surface area contributed by atoms with Crippen LogP contribution in [-0.2, 0) is 4.79 Å². The van der Waals surface area contributed by atoms with E-state index in [9.17, 15) is 9.59 Å². The number of hydrogen-bond donors (Lipinski definition) is 2. The molecule has 0 spiro atoms. The molecule has 0 saturated heterocycles. The molecular weight excluding hydrogens is 208 g/mol. The van der Waals surface area contributed by atoms with Crippen molar-refractivity contribution >= 4 is 12.0 Å². The number of aliphatic carboxylic acids is 1. The quantitative estimate of drug-likeness (QED) is 0.745. The molecule has 2 amide bonds. The van der Waals surface area contributed by atoms with E-state index in [2.05, 4.69) is 5.32 Å². The Hall–Kier alpha value is -1.26. The highest BCUT2D eigenvalue weighted by molar-refractivity contribution is 5.78. The molecule has 1 rings (SSSR count). The molecule has 0 bridgehead atoms. The summed E-state index contributed by atoms with van der Waals surface area (Å²) >= 11 is 0. The smallest absolute Gasteiger partial charge is 0.317 e. The molecule has 1 saturated carbocycles. The van der Waals surface area contributed by atoms with Crippen LogP contribution < -0.4 is 5.32 Å². The van der Waals surface area contributed by atoms with E-state index in [1.54, 1.807) is 18.9 Å². The van der Waals surface area contributed by atoms with Gasteiger partial charge in [-0.3, -0.25) is 4.79 Å². The first-order valence-corrected chi connectivity index (χ1v) is 5.65. The van der Waals surface area contributed by atoms with Gasteiger partial charge in [0, 0.05) is 19.6 Å². The third kappa shape index (κ3) is 2.87. The minimum atomic E-state index is -0.875. The van der Waals surface area contributed by atoms with Crippen LogP contribution in [0, 0.1) is 5.41 Å². The van der Waals surface area contributed by atoms with Crippen LogP contribution in [0.15, 0.2) is 0 Å². The predicted octanol–water partition coefficient (Wildman–Crippen LogP) is 1.29. The topological polar surface area (TPSA) is 69.6 Å². The lowest BCUT2D eigenvalue weighted by atomic mass is 9.88. The van der Waals surface area contributed by atoms with Crippen molar-refractivity contribution in [2.24, 2.45) is 5.41 Å². The molecule has 92 valence electrons. The molecule has 1 fully saturated rings. The van der Waals surface area contributed by atoms with Crippen LogP contribution in [0.5, 0.6) is 0 Å². The molecule has 5 heteroatoms. The molecule has 1 unspecified atom stereocenters. The second kappa shape index (κ2) is 4.72. The van der Waals surface area contributed by atoms with E-state index >= 15 is 0 Å². The first-order valence-electron chi connectivity index (χ1n) is 5.65. The summed E-state index contributed by atoms with van der Waals surface area (Å²) in [6.07, 6.45) is 2.59. The second-order valence-electron chi connectivity index (χ2n) is 4.72. The van der Waals surface area contributed by atoms with E-state index in [4.69, 9.17) is 5.11 Å². The summed E-state index contributed by atoms with van der Waals surface area (Å²) in [6.45, 7) is 3.63. The van der Waals surface area contributed by atoms with Gasteiger partial charge in [0.1, 0.15) is 0 Å². The molecule has 0 radical (unpaired) electrons. The third-order valence-corrected chi connectivity index (χ3v) is 3.34. The van der Waals surface area contributed by atoms with E-state index in [1.807, 2.05) is 6.92 Å². The summed E-state index contributed by atoms with van der Waals surface area (Å²) < 4.78 is 0. The van der Waals surface area contributed by atoms with Crippen molar-refractivity contribution in [2.45, 2.75) is 39.2 Å². The first-order chi connectivity index (χ1) is 7.40. The van der Waals surface area contributed by atoms with Crippen molar-refractivity contribution in [2.75, 3.05) is 13.6 Å². The van der Waals surface area contributed by atoms with Crippen molar-refractivity contribution < 1.29 is 14.7 Å². The van der Waals surface area contributed by atoms with Crippen molar-refractivity contribution in [3.8, 4) is 0 Å². The number of hydrogen-bond acceptors (Lipinski definition) is 2. The van der Waals surface area contributed by atoms with Crippen LogP contribution in [0.4, 0.5) is 4.79 Å². The summed E-state index contributed by atoms with van der Waals surface area (Å²) in [5, 5.41) is 11.7. The van der Waals surface area contributed by atoms with Gasteiger partial charge in [0.15, 0.2) is 0 Å². The third-order valence-electron chi connectivity index (χ3n) is 3.34. The highest BCUT2D eigenvalue weighted by Gasteiger charge is 2.34. The fourth-order valence-corrected chi connectivity index (χ4v) is 1.37. The SMILES string of the molecule is CCC(C)(CNC(=O)N(C)C1CC1)C(=O)O. The van der Waals surface area contributed by atoms with E-state index in [-0.39, 0.29) is 12.6 Å². The maximum atomic E-state index is 11.6. The van der Waals surface area contributed by atoms with Crippen LogP contribution in [-0.4, -0.2) is 41.6 Å². The zero-order chi connectivity index (χ0) is 12.3. The largest absolute Gasteiger partial charge is 0.481 e. The molecular formula is C11H20N2O3. The summed E-state index contributed by atoms with van der Waals surface area (Å²) in [5.41, 5.74) is -0.875. The Labute approximate surface area is 95.8 Å². The fourth-order valence-electron chi connectivity index (χ4n) is 1.37. The number of carboxylic acids is 1. The monoisotopic (exact) mass is 228 g/mol. The molecule has 0 aliphatic heterocycles. The second-order valence-corrected chi connectivity index (χ2v) is 4.72. The van der Waals surface area contributed by atoms with Crippen LogP contribution in [0.2, 0.25) is 0 Å². The first kappa shape index (κ1) is 12.8. The summed E-state index contributed by atoms with van der Waals surface area (Å²) in [4.78, 5) is 24.3. The molecule has 0 aromatic carbocycles. The number of nitrogens with zero attached hydrogens (tertiary/aromatic N) is 1. The maximum absolute atomic E-state index is 11.6. The predicted molar refractivity (Wildman–Crippen MR) is 60.2 cm³/mol. The van der Waals surface area contributed by atoms with Gasteiger partial charge in [0.25, 0.3) is 0 Å². The number of carbonyl (C=O) groups is 2. The van der Waals surface area contributed by atoms with E-state index in [0.29, 0.717) is 12.5 Å². The lowest BCUT2D eigenvalue weighted by Gasteiger charge is -2.25. The van der Waals surface area contributed by atoms with Crippen LogP contribution in [0.25, 0.3) is 0 Å². The molecule has 2 N–H and O–H groups in total. The lowest BCUT2D eigenvalue weighted by molar-refractivity contribution is -0.147.